The van der Waals surface area contributed by atoms with Crippen LogP contribution in [0.2, 0.25) is 0 Å². The number of rotatable bonds is 7. The van der Waals surface area contributed by atoms with Crippen molar-refractivity contribution in [3.8, 4) is 11.5 Å². The van der Waals surface area contributed by atoms with E-state index < -0.39 is 10.0 Å². The number of hydrogen-bond acceptors (Lipinski definition) is 7. The van der Waals surface area contributed by atoms with Crippen LogP contribution in [0.15, 0.2) is 64.9 Å². The summed E-state index contributed by atoms with van der Waals surface area (Å²) in [7, 11) is -0.471. The summed E-state index contributed by atoms with van der Waals surface area (Å²) in [5.41, 5.74) is 2.38. The van der Waals surface area contributed by atoms with Gasteiger partial charge in [0, 0.05) is 37.1 Å². The molecule has 38 heavy (non-hydrogen) atoms. The van der Waals surface area contributed by atoms with Crippen LogP contribution >= 0.6 is 11.3 Å². The first kappa shape index (κ1) is 26.7. The highest BCUT2D eigenvalue weighted by atomic mass is 32.2. The summed E-state index contributed by atoms with van der Waals surface area (Å²) >= 11 is 1.77. The highest BCUT2D eigenvalue weighted by Crippen LogP contribution is 2.38. The Morgan fingerprint density at radius 2 is 1.61 bits per heavy atom. The highest BCUT2D eigenvalue weighted by Gasteiger charge is 2.37. The van der Waals surface area contributed by atoms with Crippen molar-refractivity contribution in [1.29, 1.82) is 0 Å². The van der Waals surface area contributed by atoms with Gasteiger partial charge in [-0.3, -0.25) is 9.69 Å². The van der Waals surface area contributed by atoms with Crippen LogP contribution in [0.4, 0.5) is 0 Å². The third-order valence-corrected chi connectivity index (χ3v) is 10.4. The van der Waals surface area contributed by atoms with E-state index >= 15 is 0 Å². The average Bonchev–Trinajstić information content (AvgIpc) is 3.42. The molecule has 0 saturated carbocycles. The molecule has 0 radical (unpaired) electrons. The lowest BCUT2D eigenvalue weighted by Crippen LogP contribution is -2.57. The third-order valence-electron chi connectivity index (χ3n) is 7.42. The van der Waals surface area contributed by atoms with Crippen molar-refractivity contribution in [3.05, 3.63) is 76.0 Å². The minimum Gasteiger partial charge on any atom is -0.497 e. The fourth-order valence-corrected chi connectivity index (χ4v) is 7.91. The molecule has 2 atom stereocenters. The summed E-state index contributed by atoms with van der Waals surface area (Å²) in [6, 6.07) is 16.3. The quantitative estimate of drug-likeness (QED) is 0.443. The first-order valence-electron chi connectivity index (χ1n) is 12.7. The summed E-state index contributed by atoms with van der Waals surface area (Å²) in [5.74, 6) is 1.43. The monoisotopic (exact) mass is 555 g/mol. The van der Waals surface area contributed by atoms with E-state index in [9.17, 15) is 13.2 Å². The molecule has 0 unspecified atom stereocenters. The number of benzene rings is 2. The maximum Gasteiger partial charge on any atom is 0.243 e. The molecule has 2 aromatic carbocycles. The lowest BCUT2D eigenvalue weighted by molar-refractivity contribution is -0.135. The molecular weight excluding hydrogens is 522 g/mol. The number of carbonyl (C=O) groups excluding carboxylic acids is 1. The molecule has 1 saturated heterocycles. The van der Waals surface area contributed by atoms with Crippen LogP contribution in [0.1, 0.15) is 29.0 Å². The second-order valence-corrected chi connectivity index (χ2v) is 12.6. The number of methoxy groups -OCH3 is 2. The van der Waals surface area contributed by atoms with Crippen molar-refractivity contribution in [2.45, 2.75) is 30.3 Å². The molecule has 0 bridgehead atoms. The van der Waals surface area contributed by atoms with E-state index in [1.165, 1.54) is 14.7 Å². The summed E-state index contributed by atoms with van der Waals surface area (Å²) < 4.78 is 38.6. The second kappa shape index (κ2) is 11.1. The van der Waals surface area contributed by atoms with Gasteiger partial charge in [0.25, 0.3) is 0 Å². The number of amides is 1. The zero-order valence-electron chi connectivity index (χ0n) is 21.9. The van der Waals surface area contributed by atoms with Gasteiger partial charge >= 0.3 is 0 Å². The van der Waals surface area contributed by atoms with Crippen molar-refractivity contribution in [2.75, 3.05) is 46.9 Å². The maximum absolute atomic E-state index is 13.5. The smallest absolute Gasteiger partial charge is 0.243 e. The van der Waals surface area contributed by atoms with Gasteiger partial charge in [0.2, 0.25) is 15.9 Å². The molecule has 0 aliphatic carbocycles. The van der Waals surface area contributed by atoms with Gasteiger partial charge in [-0.05, 0) is 72.3 Å². The Hall–Kier alpha value is -2.92. The van der Waals surface area contributed by atoms with Crippen molar-refractivity contribution >= 4 is 27.3 Å². The molecule has 2 aliphatic rings. The van der Waals surface area contributed by atoms with Crippen molar-refractivity contribution in [1.82, 2.24) is 14.1 Å². The molecule has 1 amide bonds. The van der Waals surface area contributed by atoms with Gasteiger partial charge in [-0.25, -0.2) is 8.42 Å². The first-order chi connectivity index (χ1) is 18.3. The topological polar surface area (TPSA) is 79.4 Å². The molecule has 3 heterocycles. The van der Waals surface area contributed by atoms with Crippen LogP contribution in [-0.4, -0.2) is 81.4 Å². The van der Waals surface area contributed by atoms with Crippen LogP contribution in [0, 0.1) is 0 Å². The summed E-state index contributed by atoms with van der Waals surface area (Å²) in [5, 5.41) is 2.12. The molecule has 1 aromatic heterocycles. The van der Waals surface area contributed by atoms with Crippen molar-refractivity contribution in [2.24, 2.45) is 0 Å². The van der Waals surface area contributed by atoms with Gasteiger partial charge in [0.1, 0.15) is 11.5 Å². The number of piperazine rings is 1. The molecule has 202 valence electrons. The fourth-order valence-electron chi connectivity index (χ4n) is 5.40. The van der Waals surface area contributed by atoms with Crippen LogP contribution in [0.3, 0.4) is 0 Å². The molecular formula is C28H33N3O5S2. The zero-order valence-corrected chi connectivity index (χ0v) is 23.5. The fraction of sp³-hybridized carbons (Fsp3) is 0.393. The van der Waals surface area contributed by atoms with Crippen LogP contribution in [-0.2, 0) is 21.2 Å². The van der Waals surface area contributed by atoms with E-state index in [0.29, 0.717) is 18.8 Å². The molecule has 0 N–H and O–H groups in total. The Bertz CT molecular complexity index is 1370. The normalized spacial score (nSPS) is 20.7. The first-order valence-corrected chi connectivity index (χ1v) is 15.0. The van der Waals surface area contributed by atoms with Gasteiger partial charge < -0.3 is 14.4 Å². The Morgan fingerprint density at radius 3 is 2.24 bits per heavy atom. The SMILES string of the molecule is COc1ccc([C@@H]2c3ccsc3CCN2CC(=O)N2CCN(S(=O)(=O)c3ccc(OC)cc3)[C@@H](C)C2)cc1. The number of sulfonamides is 1. The van der Waals surface area contributed by atoms with E-state index in [1.54, 1.807) is 54.7 Å². The van der Waals surface area contributed by atoms with E-state index in [1.807, 2.05) is 19.1 Å². The lowest BCUT2D eigenvalue weighted by atomic mass is 9.93. The number of carbonyl (C=O) groups is 1. The number of hydrogen-bond donors (Lipinski definition) is 0. The molecule has 2 aliphatic heterocycles. The van der Waals surface area contributed by atoms with Crippen LogP contribution < -0.4 is 9.47 Å². The predicted molar refractivity (Wildman–Crippen MR) is 147 cm³/mol. The predicted octanol–water partition coefficient (Wildman–Crippen LogP) is 3.63. The Kier molecular flexibility index (Phi) is 7.76. The van der Waals surface area contributed by atoms with Crippen molar-refractivity contribution < 1.29 is 22.7 Å². The molecule has 5 rings (SSSR count). The van der Waals surface area contributed by atoms with Gasteiger partial charge in [-0.15, -0.1) is 11.3 Å². The molecule has 1 fully saturated rings. The van der Waals surface area contributed by atoms with E-state index in [2.05, 4.69) is 28.5 Å². The molecule has 10 heteroatoms. The van der Waals surface area contributed by atoms with Gasteiger partial charge in [-0.1, -0.05) is 12.1 Å². The minimum atomic E-state index is -3.67. The minimum absolute atomic E-state index is 0.00554. The number of fused-ring (bicyclic) bond motifs is 1. The number of nitrogens with zero attached hydrogens (tertiary/aromatic N) is 3. The zero-order chi connectivity index (χ0) is 26.9. The highest BCUT2D eigenvalue weighted by molar-refractivity contribution is 7.89. The summed E-state index contributed by atoms with van der Waals surface area (Å²) in [4.78, 5) is 19.2. The summed E-state index contributed by atoms with van der Waals surface area (Å²) in [6.45, 7) is 3.92. The van der Waals surface area contributed by atoms with Gasteiger partial charge in [0.15, 0.2) is 0 Å². The van der Waals surface area contributed by atoms with Gasteiger partial charge in [0.05, 0.1) is 31.7 Å². The van der Waals surface area contributed by atoms with E-state index in [0.717, 1.165) is 24.3 Å². The maximum atomic E-state index is 13.5. The third kappa shape index (κ3) is 5.18. The standard InChI is InChI=1S/C28H33N3O5S2/c1-20-18-29(15-16-31(20)38(33,34)24-10-8-23(36-3)9-11-24)27(32)19-30-14-12-26-25(13-17-37-26)28(30)21-4-6-22(35-2)7-5-21/h4-11,13,17,20,28H,12,14-16,18-19H2,1-3H3/t20-,28+/m0/s1. The number of thiophene rings is 1. The van der Waals surface area contributed by atoms with E-state index in [-0.39, 0.29) is 36.0 Å². The molecule has 8 nitrogen and oxygen atoms in total. The average molecular weight is 556 g/mol. The summed E-state index contributed by atoms with van der Waals surface area (Å²) in [6.07, 6.45) is 0.914. The van der Waals surface area contributed by atoms with Crippen LogP contribution in [0.25, 0.3) is 0 Å². The number of ether oxygens (including phenoxy) is 2. The molecule has 3 aromatic rings. The van der Waals surface area contributed by atoms with Crippen LogP contribution in [0.5, 0.6) is 11.5 Å². The Morgan fingerprint density at radius 1 is 0.947 bits per heavy atom. The van der Waals surface area contributed by atoms with Crippen molar-refractivity contribution in [3.63, 3.8) is 0 Å². The molecule has 0 spiro atoms. The Labute approximate surface area is 228 Å². The lowest BCUT2D eigenvalue weighted by Gasteiger charge is -2.41. The largest absolute Gasteiger partial charge is 0.497 e. The van der Waals surface area contributed by atoms with Gasteiger partial charge in [-0.2, -0.15) is 4.31 Å². The van der Waals surface area contributed by atoms with E-state index in [4.69, 9.17) is 9.47 Å². The Balaban J connectivity index is 1.29. The second-order valence-electron chi connectivity index (χ2n) is 9.68.